The van der Waals surface area contributed by atoms with Crippen LogP contribution in [0, 0.1) is 0 Å². The predicted octanol–water partition coefficient (Wildman–Crippen LogP) is 1.44. The Hall–Kier alpha value is -1.89. The van der Waals surface area contributed by atoms with Crippen molar-refractivity contribution in [2.75, 3.05) is 17.3 Å². The Morgan fingerprint density at radius 2 is 1.75 bits per heavy atom. The fourth-order valence-electron chi connectivity index (χ4n) is 1.68. The Morgan fingerprint density at radius 1 is 1.20 bits per heavy atom. The number of carbonyl (C=O) groups is 2. The van der Waals surface area contributed by atoms with Crippen LogP contribution in [0.4, 0.5) is 10.5 Å². The first kappa shape index (κ1) is 16.2. The van der Waals surface area contributed by atoms with E-state index in [1.54, 1.807) is 31.2 Å². The highest BCUT2D eigenvalue weighted by molar-refractivity contribution is 7.90. The number of nitrogens with one attached hydrogen (secondary N) is 2. The van der Waals surface area contributed by atoms with Gasteiger partial charge < -0.3 is 10.6 Å². The first-order chi connectivity index (χ1) is 9.17. The molecule has 1 aromatic rings. The van der Waals surface area contributed by atoms with E-state index in [0.29, 0.717) is 11.3 Å². The third-order valence-electron chi connectivity index (χ3n) is 2.48. The number of hydrogen-bond donors (Lipinski definition) is 2. The van der Waals surface area contributed by atoms with Crippen LogP contribution in [0.15, 0.2) is 24.3 Å². The maximum Gasteiger partial charge on any atom is 0.319 e. The smallest absolute Gasteiger partial charge is 0.319 e. The van der Waals surface area contributed by atoms with E-state index in [0.717, 1.165) is 6.26 Å². The van der Waals surface area contributed by atoms with Crippen molar-refractivity contribution < 1.29 is 18.0 Å². The molecule has 0 aliphatic carbocycles. The number of anilines is 1. The standard InChI is InChI=1S/C13H18N2O4S/c1-9(8-20(3,18)19)14-13(17)15-12-6-4-11(5-7-12)10(2)16/h4-7,9H,8H2,1-3H3,(H2,14,15,17). The van der Waals surface area contributed by atoms with E-state index in [2.05, 4.69) is 10.6 Å². The maximum absolute atomic E-state index is 11.6. The predicted molar refractivity (Wildman–Crippen MR) is 77.8 cm³/mol. The number of Topliss-reactive ketones (excluding diaryl/α,β-unsaturated/α-hetero) is 1. The molecule has 0 aliphatic rings. The first-order valence-electron chi connectivity index (χ1n) is 6.03. The zero-order valence-electron chi connectivity index (χ0n) is 11.6. The minimum absolute atomic E-state index is 0.0530. The summed E-state index contributed by atoms with van der Waals surface area (Å²) in [5.74, 6) is -0.174. The van der Waals surface area contributed by atoms with E-state index in [9.17, 15) is 18.0 Å². The summed E-state index contributed by atoms with van der Waals surface area (Å²) in [5, 5.41) is 5.09. The maximum atomic E-state index is 11.6. The van der Waals surface area contributed by atoms with Crippen molar-refractivity contribution in [3.8, 4) is 0 Å². The van der Waals surface area contributed by atoms with Gasteiger partial charge in [-0.1, -0.05) is 0 Å². The van der Waals surface area contributed by atoms with Gasteiger partial charge in [0.15, 0.2) is 5.78 Å². The van der Waals surface area contributed by atoms with Gasteiger partial charge in [-0.2, -0.15) is 0 Å². The summed E-state index contributed by atoms with van der Waals surface area (Å²) in [4.78, 5) is 22.7. The number of rotatable bonds is 5. The summed E-state index contributed by atoms with van der Waals surface area (Å²) in [7, 11) is -3.14. The molecule has 0 aliphatic heterocycles. The van der Waals surface area contributed by atoms with Gasteiger partial charge in [0.05, 0.1) is 5.75 Å². The van der Waals surface area contributed by atoms with Crippen molar-refractivity contribution in [2.24, 2.45) is 0 Å². The fourth-order valence-corrected chi connectivity index (χ4v) is 2.67. The van der Waals surface area contributed by atoms with Gasteiger partial charge in [-0.15, -0.1) is 0 Å². The van der Waals surface area contributed by atoms with E-state index < -0.39 is 21.9 Å². The average Bonchev–Trinajstić information content (AvgIpc) is 2.26. The van der Waals surface area contributed by atoms with E-state index >= 15 is 0 Å². The summed E-state index contributed by atoms with van der Waals surface area (Å²) >= 11 is 0. The highest BCUT2D eigenvalue weighted by atomic mass is 32.2. The molecule has 20 heavy (non-hydrogen) atoms. The third kappa shape index (κ3) is 5.83. The van der Waals surface area contributed by atoms with Gasteiger partial charge in [-0.3, -0.25) is 4.79 Å². The zero-order valence-corrected chi connectivity index (χ0v) is 12.5. The minimum atomic E-state index is -3.14. The third-order valence-corrected chi connectivity index (χ3v) is 3.59. The van der Waals surface area contributed by atoms with Crippen molar-refractivity contribution in [1.82, 2.24) is 5.32 Å². The quantitative estimate of drug-likeness (QED) is 0.805. The molecule has 0 bridgehead atoms. The van der Waals surface area contributed by atoms with Crippen molar-refractivity contribution in [3.63, 3.8) is 0 Å². The number of sulfone groups is 1. The van der Waals surface area contributed by atoms with Crippen LogP contribution in [0.2, 0.25) is 0 Å². The van der Waals surface area contributed by atoms with E-state index in [-0.39, 0.29) is 11.5 Å². The molecule has 1 atom stereocenters. The van der Waals surface area contributed by atoms with Crippen molar-refractivity contribution in [1.29, 1.82) is 0 Å². The summed E-state index contributed by atoms with van der Waals surface area (Å²) in [6.07, 6.45) is 1.11. The summed E-state index contributed by atoms with van der Waals surface area (Å²) in [6.45, 7) is 3.07. The average molecular weight is 298 g/mol. The van der Waals surface area contributed by atoms with Crippen LogP contribution in [0.3, 0.4) is 0 Å². The molecule has 7 heteroatoms. The van der Waals surface area contributed by atoms with Crippen LogP contribution in [0.25, 0.3) is 0 Å². The molecule has 6 nitrogen and oxygen atoms in total. The van der Waals surface area contributed by atoms with Gasteiger partial charge in [-0.25, -0.2) is 13.2 Å². The van der Waals surface area contributed by atoms with E-state index in [4.69, 9.17) is 0 Å². The second-order valence-corrected chi connectivity index (χ2v) is 6.91. The SMILES string of the molecule is CC(=O)c1ccc(NC(=O)NC(C)CS(C)(=O)=O)cc1. The summed E-state index contributed by atoms with van der Waals surface area (Å²) in [5.41, 5.74) is 1.08. The van der Waals surface area contributed by atoms with Gasteiger partial charge in [-0.05, 0) is 38.1 Å². The Bertz CT molecular complexity index is 593. The lowest BCUT2D eigenvalue weighted by atomic mass is 10.1. The van der Waals surface area contributed by atoms with E-state index in [1.807, 2.05) is 0 Å². The van der Waals surface area contributed by atoms with Crippen LogP contribution < -0.4 is 10.6 Å². The molecule has 110 valence electrons. The molecule has 0 radical (unpaired) electrons. The molecule has 1 rings (SSSR count). The molecule has 1 unspecified atom stereocenters. The molecule has 2 N–H and O–H groups in total. The molecule has 0 aromatic heterocycles. The van der Waals surface area contributed by atoms with Gasteiger partial charge in [0.25, 0.3) is 0 Å². The highest BCUT2D eigenvalue weighted by Gasteiger charge is 2.13. The number of urea groups is 1. The second-order valence-electron chi connectivity index (χ2n) is 4.73. The molecule has 0 spiro atoms. The molecule has 0 heterocycles. The van der Waals surface area contributed by atoms with Gasteiger partial charge in [0, 0.05) is 23.5 Å². The monoisotopic (exact) mass is 298 g/mol. The first-order valence-corrected chi connectivity index (χ1v) is 8.09. The molecular weight excluding hydrogens is 280 g/mol. The highest BCUT2D eigenvalue weighted by Crippen LogP contribution is 2.09. The normalized spacial score (nSPS) is 12.6. The number of benzene rings is 1. The molecular formula is C13H18N2O4S. The minimum Gasteiger partial charge on any atom is -0.334 e. The summed E-state index contributed by atoms with van der Waals surface area (Å²) < 4.78 is 22.2. The zero-order chi connectivity index (χ0) is 15.3. The Morgan fingerprint density at radius 3 is 2.20 bits per heavy atom. The molecule has 1 aromatic carbocycles. The van der Waals surface area contributed by atoms with Crippen molar-refractivity contribution in [3.05, 3.63) is 29.8 Å². The van der Waals surface area contributed by atoms with Gasteiger partial charge in [0.2, 0.25) is 0 Å². The fraction of sp³-hybridized carbons (Fsp3) is 0.385. The lowest BCUT2D eigenvalue weighted by Gasteiger charge is -2.13. The van der Waals surface area contributed by atoms with E-state index in [1.165, 1.54) is 6.92 Å². The van der Waals surface area contributed by atoms with Crippen LogP contribution in [0.1, 0.15) is 24.2 Å². The van der Waals surface area contributed by atoms with Crippen LogP contribution in [-0.2, 0) is 9.84 Å². The van der Waals surface area contributed by atoms with Crippen molar-refractivity contribution >= 4 is 27.3 Å². The number of ketones is 1. The van der Waals surface area contributed by atoms with Gasteiger partial charge >= 0.3 is 6.03 Å². The van der Waals surface area contributed by atoms with Crippen LogP contribution in [0.5, 0.6) is 0 Å². The summed E-state index contributed by atoms with van der Waals surface area (Å²) in [6, 6.07) is 5.46. The number of carbonyl (C=O) groups excluding carboxylic acids is 2. The molecule has 2 amide bonds. The van der Waals surface area contributed by atoms with Crippen molar-refractivity contribution in [2.45, 2.75) is 19.9 Å². The Balaban J connectivity index is 2.56. The topological polar surface area (TPSA) is 92.3 Å². The Labute approximate surface area is 118 Å². The van der Waals surface area contributed by atoms with Gasteiger partial charge in [0.1, 0.15) is 9.84 Å². The lowest BCUT2D eigenvalue weighted by Crippen LogP contribution is -2.39. The van der Waals surface area contributed by atoms with Crippen LogP contribution in [-0.4, -0.2) is 38.3 Å². The van der Waals surface area contributed by atoms with Crippen LogP contribution >= 0.6 is 0 Å². The molecule has 0 fully saturated rings. The molecule has 0 saturated carbocycles. The molecule has 0 saturated heterocycles. The second kappa shape index (κ2) is 6.51. The number of hydrogen-bond acceptors (Lipinski definition) is 4. The Kier molecular flexibility index (Phi) is 5.26. The lowest BCUT2D eigenvalue weighted by molar-refractivity contribution is 0.101. The number of amides is 2. The largest absolute Gasteiger partial charge is 0.334 e.